The molecule has 1 heterocycles. The van der Waals surface area contributed by atoms with Gasteiger partial charge in [-0.3, -0.25) is 19.4 Å². The van der Waals surface area contributed by atoms with Gasteiger partial charge in [0.1, 0.15) is 6.54 Å². The Labute approximate surface area is 224 Å². The number of nitrogens with two attached hydrogens (primary N) is 2. The number of unbranched alkanes of at least 4 members (excludes halogenated alkanes) is 3. The summed E-state index contributed by atoms with van der Waals surface area (Å²) in [6.45, 7) is 0.0316. The first-order chi connectivity index (χ1) is 18.5. The number of hydrogen-bond donors (Lipinski definition) is 3. The number of aliphatic carboxylic acids is 1. The van der Waals surface area contributed by atoms with Gasteiger partial charge in [0.2, 0.25) is 5.91 Å². The van der Waals surface area contributed by atoms with Crippen LogP contribution in [0.3, 0.4) is 0 Å². The molecule has 9 nitrogen and oxygen atoms in total. The number of amides is 2. The van der Waals surface area contributed by atoms with Gasteiger partial charge in [-0.15, -0.1) is 0 Å². The number of carbonyl (C=O) groups excluding carboxylic acids is 2. The van der Waals surface area contributed by atoms with Gasteiger partial charge in [0.15, 0.2) is 5.96 Å². The van der Waals surface area contributed by atoms with Crippen LogP contribution in [-0.2, 0) is 28.7 Å². The number of halogens is 3. The summed E-state index contributed by atoms with van der Waals surface area (Å²) in [5.74, 6) is -1.96. The fraction of sp³-hybridized carbons (Fsp3) is 0.407. The summed E-state index contributed by atoms with van der Waals surface area (Å²) in [5.41, 5.74) is 11.8. The van der Waals surface area contributed by atoms with Crippen LogP contribution in [0, 0.1) is 0 Å². The minimum atomic E-state index is -4.48. The van der Waals surface area contributed by atoms with Crippen molar-refractivity contribution in [2.75, 3.05) is 24.5 Å². The maximum atomic E-state index is 13.4. The fourth-order valence-corrected chi connectivity index (χ4v) is 4.34. The average molecular weight is 548 g/mol. The molecule has 0 fully saturated rings. The lowest BCUT2D eigenvalue weighted by Crippen LogP contribution is -2.40. The molecule has 0 bridgehead atoms. The highest BCUT2D eigenvalue weighted by molar-refractivity contribution is 6.09. The van der Waals surface area contributed by atoms with Crippen molar-refractivity contribution in [1.29, 1.82) is 0 Å². The number of carbonyl (C=O) groups is 3. The summed E-state index contributed by atoms with van der Waals surface area (Å²) in [5, 5.41) is 9.10. The number of fused-ring (bicyclic) bond motifs is 1. The van der Waals surface area contributed by atoms with Crippen LogP contribution in [0.15, 0.2) is 47.5 Å². The van der Waals surface area contributed by atoms with Crippen molar-refractivity contribution >= 4 is 29.4 Å². The molecule has 2 aromatic carbocycles. The van der Waals surface area contributed by atoms with Crippen molar-refractivity contribution in [1.82, 2.24) is 4.90 Å². The minimum Gasteiger partial charge on any atom is -0.481 e. The molecule has 0 radical (unpaired) electrons. The monoisotopic (exact) mass is 547 g/mol. The molecule has 1 aliphatic heterocycles. The Kier molecular flexibility index (Phi) is 9.91. The molecule has 0 atom stereocenters. The summed E-state index contributed by atoms with van der Waals surface area (Å²) >= 11 is 0. The molecule has 0 saturated heterocycles. The van der Waals surface area contributed by atoms with Gasteiger partial charge < -0.3 is 26.4 Å². The standard InChI is InChI=1S/C27H32F3N5O4/c28-27(29,30)20-9-6-19(7-10-20)16-35-22-11-8-18(5-3-1-2-4-13-33-26(31)32)15-21(22)25(39)34(17-23(35)36)14-12-24(37)38/h6-11,15H,1-5,12-14,16-17H2,(H,37,38)(H4,31,32,33). The molecule has 3 rings (SSSR count). The lowest BCUT2D eigenvalue weighted by Gasteiger charge is -2.23. The molecular weight excluding hydrogens is 515 g/mol. The summed E-state index contributed by atoms with van der Waals surface area (Å²) in [4.78, 5) is 44.3. The highest BCUT2D eigenvalue weighted by Crippen LogP contribution is 2.31. The summed E-state index contributed by atoms with van der Waals surface area (Å²) in [7, 11) is 0. The second kappa shape index (κ2) is 13.1. The zero-order valence-electron chi connectivity index (χ0n) is 21.4. The zero-order chi connectivity index (χ0) is 28.6. The van der Waals surface area contributed by atoms with Gasteiger partial charge in [-0.2, -0.15) is 13.2 Å². The third kappa shape index (κ3) is 8.45. The normalized spacial score (nSPS) is 13.7. The van der Waals surface area contributed by atoms with E-state index in [1.807, 2.05) is 6.07 Å². The van der Waals surface area contributed by atoms with Gasteiger partial charge in [0.25, 0.3) is 5.91 Å². The van der Waals surface area contributed by atoms with E-state index in [0.29, 0.717) is 24.2 Å². The number of rotatable bonds is 12. The number of carboxylic acids is 1. The van der Waals surface area contributed by atoms with Crippen LogP contribution in [0.2, 0.25) is 0 Å². The van der Waals surface area contributed by atoms with Crippen molar-refractivity contribution in [2.24, 2.45) is 16.5 Å². The molecule has 0 aliphatic carbocycles. The largest absolute Gasteiger partial charge is 0.481 e. The van der Waals surface area contributed by atoms with Gasteiger partial charge in [0, 0.05) is 13.1 Å². The Morgan fingerprint density at radius 2 is 1.64 bits per heavy atom. The van der Waals surface area contributed by atoms with E-state index in [0.717, 1.165) is 43.4 Å². The van der Waals surface area contributed by atoms with E-state index in [9.17, 15) is 27.6 Å². The van der Waals surface area contributed by atoms with E-state index in [1.54, 1.807) is 12.1 Å². The highest BCUT2D eigenvalue weighted by atomic mass is 19.4. The molecule has 39 heavy (non-hydrogen) atoms. The molecule has 2 aromatic rings. The number of guanidine groups is 1. The van der Waals surface area contributed by atoms with Crippen molar-refractivity contribution in [2.45, 2.75) is 51.2 Å². The molecule has 210 valence electrons. The van der Waals surface area contributed by atoms with E-state index in [1.165, 1.54) is 21.9 Å². The van der Waals surface area contributed by atoms with Gasteiger partial charge in [-0.25, -0.2) is 0 Å². The van der Waals surface area contributed by atoms with Gasteiger partial charge in [0.05, 0.1) is 29.8 Å². The van der Waals surface area contributed by atoms with E-state index >= 15 is 0 Å². The first kappa shape index (κ1) is 29.5. The minimum absolute atomic E-state index is 0.0425. The SMILES string of the molecule is NC(N)=NCCCCCCc1ccc2c(c1)C(=O)N(CCC(=O)O)CC(=O)N2Cc1ccc(C(F)(F)F)cc1. The molecule has 2 amide bonds. The van der Waals surface area contributed by atoms with Gasteiger partial charge in [-0.1, -0.05) is 31.0 Å². The predicted octanol–water partition coefficient (Wildman–Crippen LogP) is 3.55. The number of aliphatic imine (C=N–C) groups is 1. The number of benzene rings is 2. The van der Waals surface area contributed by atoms with Crippen LogP contribution in [0.5, 0.6) is 0 Å². The average Bonchev–Trinajstić information content (AvgIpc) is 2.96. The van der Waals surface area contributed by atoms with E-state index in [4.69, 9.17) is 16.6 Å². The number of hydrogen-bond acceptors (Lipinski definition) is 4. The van der Waals surface area contributed by atoms with E-state index in [-0.39, 0.29) is 37.6 Å². The second-order valence-corrected chi connectivity index (χ2v) is 9.37. The maximum absolute atomic E-state index is 13.4. The van der Waals surface area contributed by atoms with Crippen LogP contribution in [0.25, 0.3) is 0 Å². The first-order valence-electron chi connectivity index (χ1n) is 12.6. The number of alkyl halides is 3. The number of nitrogens with zero attached hydrogens (tertiary/aromatic N) is 3. The molecular formula is C27H32F3N5O4. The Hall–Kier alpha value is -4.09. The van der Waals surface area contributed by atoms with Gasteiger partial charge >= 0.3 is 12.1 Å². The quantitative estimate of drug-likeness (QED) is 0.211. The highest BCUT2D eigenvalue weighted by Gasteiger charge is 2.33. The van der Waals surface area contributed by atoms with Gasteiger partial charge in [-0.05, 0) is 54.7 Å². The molecule has 0 saturated carbocycles. The van der Waals surface area contributed by atoms with E-state index < -0.39 is 29.5 Å². The maximum Gasteiger partial charge on any atom is 0.416 e. The lowest BCUT2D eigenvalue weighted by molar-refractivity contribution is -0.138. The number of aryl methyl sites for hydroxylation is 1. The topological polar surface area (TPSA) is 142 Å². The van der Waals surface area contributed by atoms with E-state index in [2.05, 4.69) is 4.99 Å². The second-order valence-electron chi connectivity index (χ2n) is 9.37. The summed E-state index contributed by atoms with van der Waals surface area (Å²) < 4.78 is 38.9. The smallest absolute Gasteiger partial charge is 0.416 e. The molecule has 0 spiro atoms. The van der Waals surface area contributed by atoms with Crippen LogP contribution < -0.4 is 16.4 Å². The Bertz CT molecular complexity index is 1210. The van der Waals surface area contributed by atoms with Crippen LogP contribution >= 0.6 is 0 Å². The Morgan fingerprint density at radius 3 is 2.28 bits per heavy atom. The molecule has 1 aliphatic rings. The molecule has 12 heteroatoms. The molecule has 0 aromatic heterocycles. The third-order valence-electron chi connectivity index (χ3n) is 6.38. The van der Waals surface area contributed by atoms with Crippen LogP contribution in [0.4, 0.5) is 18.9 Å². The molecule has 5 N–H and O–H groups in total. The fourth-order valence-electron chi connectivity index (χ4n) is 4.34. The number of anilines is 1. The Morgan fingerprint density at radius 1 is 0.974 bits per heavy atom. The Balaban J connectivity index is 1.81. The van der Waals surface area contributed by atoms with Crippen molar-refractivity contribution in [3.63, 3.8) is 0 Å². The zero-order valence-corrected chi connectivity index (χ0v) is 21.4. The third-order valence-corrected chi connectivity index (χ3v) is 6.38. The van der Waals surface area contributed by atoms with Crippen LogP contribution in [0.1, 0.15) is 59.2 Å². The van der Waals surface area contributed by atoms with Crippen molar-refractivity contribution in [3.05, 3.63) is 64.7 Å². The number of carboxylic acid groups (broad SMARTS) is 1. The lowest BCUT2D eigenvalue weighted by atomic mass is 10.0. The van der Waals surface area contributed by atoms with Crippen LogP contribution in [-0.4, -0.2) is 53.4 Å². The summed E-state index contributed by atoms with van der Waals surface area (Å²) in [6, 6.07) is 9.70. The first-order valence-corrected chi connectivity index (χ1v) is 12.6. The van der Waals surface area contributed by atoms with Crippen molar-refractivity contribution < 1.29 is 32.7 Å². The van der Waals surface area contributed by atoms with Crippen molar-refractivity contribution in [3.8, 4) is 0 Å². The summed E-state index contributed by atoms with van der Waals surface area (Å²) in [6.07, 6.45) is -0.569. The predicted molar refractivity (Wildman–Crippen MR) is 140 cm³/mol. The molecule has 0 unspecified atom stereocenters.